The van der Waals surface area contributed by atoms with Gasteiger partial charge in [0, 0.05) is 23.0 Å². The molecule has 0 aliphatic carbocycles. The van der Waals surface area contributed by atoms with Gasteiger partial charge >= 0.3 is 12.1 Å². The van der Waals surface area contributed by atoms with E-state index < -0.39 is 18.1 Å². The highest BCUT2D eigenvalue weighted by Crippen LogP contribution is 2.14. The number of unbranched alkanes of at least 4 members (excludes halogenated alkanes) is 2. The summed E-state index contributed by atoms with van der Waals surface area (Å²) in [5, 5.41) is 5.48. The number of carbonyl (C=O) groups excluding carboxylic acids is 3. The first-order valence-electron chi connectivity index (χ1n) is 10.5. The van der Waals surface area contributed by atoms with Crippen LogP contribution in [0.5, 0.6) is 0 Å². The van der Waals surface area contributed by atoms with Gasteiger partial charge in [0.2, 0.25) is 5.91 Å². The molecule has 2 N–H and O–H groups in total. The molecule has 0 unspecified atom stereocenters. The van der Waals surface area contributed by atoms with Crippen LogP contribution in [0.3, 0.4) is 0 Å². The second-order valence-corrected chi connectivity index (χ2v) is 8.40. The minimum Gasteiger partial charge on any atom is -0.467 e. The fraction of sp³-hybridized carbons (Fsp3) is 0.375. The molecule has 0 heterocycles. The van der Waals surface area contributed by atoms with E-state index in [9.17, 15) is 14.4 Å². The summed E-state index contributed by atoms with van der Waals surface area (Å²) in [6.07, 6.45) is 2.39. The smallest absolute Gasteiger partial charge is 0.407 e. The van der Waals surface area contributed by atoms with Gasteiger partial charge in [0.25, 0.3) is 0 Å². The molecule has 32 heavy (non-hydrogen) atoms. The number of esters is 1. The Bertz CT molecular complexity index is 876. The summed E-state index contributed by atoms with van der Waals surface area (Å²) >= 11 is 2.21. The number of benzene rings is 2. The van der Waals surface area contributed by atoms with Crippen molar-refractivity contribution in [3.05, 3.63) is 69.3 Å². The second kappa shape index (κ2) is 14.4. The standard InChI is InChI=1S/C24H29IN2O5/c1-31-23(29)21(16-19-12-7-8-13-20(19)25)27-22(28)14-6-3-9-15-26-24(30)32-17-18-10-4-2-5-11-18/h2,4-5,7-8,10-13,21H,3,6,9,14-17H2,1H3,(H,26,30)(H,27,28)/t21-/m1/s1. The number of hydrogen-bond acceptors (Lipinski definition) is 5. The molecule has 0 saturated heterocycles. The molecule has 0 aliphatic rings. The van der Waals surface area contributed by atoms with Crippen LogP contribution < -0.4 is 10.6 Å². The third kappa shape index (κ3) is 9.67. The van der Waals surface area contributed by atoms with Gasteiger partial charge in [-0.2, -0.15) is 0 Å². The van der Waals surface area contributed by atoms with Crippen LogP contribution in [0.1, 0.15) is 36.8 Å². The Hall–Kier alpha value is -2.62. The van der Waals surface area contributed by atoms with Gasteiger partial charge in [-0.25, -0.2) is 9.59 Å². The van der Waals surface area contributed by atoms with Gasteiger partial charge in [-0.1, -0.05) is 55.0 Å². The van der Waals surface area contributed by atoms with Crippen LogP contribution in [-0.2, 0) is 32.1 Å². The fourth-order valence-corrected chi connectivity index (χ4v) is 3.65. The van der Waals surface area contributed by atoms with Crippen molar-refractivity contribution in [2.45, 2.75) is 44.8 Å². The van der Waals surface area contributed by atoms with E-state index in [2.05, 4.69) is 33.2 Å². The molecule has 2 amide bonds. The Kier molecular flexibility index (Phi) is 11.6. The lowest BCUT2D eigenvalue weighted by Crippen LogP contribution is -2.43. The van der Waals surface area contributed by atoms with Crippen LogP contribution >= 0.6 is 22.6 Å². The Morgan fingerprint density at radius 3 is 2.41 bits per heavy atom. The quantitative estimate of drug-likeness (QED) is 0.236. The normalized spacial score (nSPS) is 11.3. The van der Waals surface area contributed by atoms with E-state index in [1.807, 2.05) is 54.6 Å². The molecule has 0 radical (unpaired) electrons. The fourth-order valence-electron chi connectivity index (χ4n) is 3.04. The summed E-state index contributed by atoms with van der Waals surface area (Å²) < 4.78 is 11.0. The Labute approximate surface area is 202 Å². The predicted octanol–water partition coefficient (Wildman–Crippen LogP) is 3.98. The number of alkyl carbamates (subject to hydrolysis) is 1. The van der Waals surface area contributed by atoms with Crippen LogP contribution in [0, 0.1) is 3.57 Å². The van der Waals surface area contributed by atoms with Crippen molar-refractivity contribution in [2.75, 3.05) is 13.7 Å². The van der Waals surface area contributed by atoms with Gasteiger partial charge in [0.15, 0.2) is 0 Å². The average Bonchev–Trinajstić information content (AvgIpc) is 2.81. The molecular formula is C24H29IN2O5. The number of halogens is 1. The average molecular weight is 552 g/mol. The Balaban J connectivity index is 1.62. The molecule has 0 saturated carbocycles. The van der Waals surface area contributed by atoms with Crippen LogP contribution in [-0.4, -0.2) is 37.7 Å². The zero-order chi connectivity index (χ0) is 23.2. The number of ether oxygens (including phenoxy) is 2. The van der Waals surface area contributed by atoms with E-state index in [0.29, 0.717) is 25.8 Å². The third-order valence-corrected chi connectivity index (χ3v) is 5.82. The zero-order valence-electron chi connectivity index (χ0n) is 18.1. The molecular weight excluding hydrogens is 523 g/mol. The van der Waals surface area contributed by atoms with Crippen molar-refractivity contribution in [3.63, 3.8) is 0 Å². The summed E-state index contributed by atoms with van der Waals surface area (Å²) in [4.78, 5) is 36.1. The lowest BCUT2D eigenvalue weighted by atomic mass is 10.1. The van der Waals surface area contributed by atoms with Gasteiger partial charge in [-0.3, -0.25) is 4.79 Å². The molecule has 0 fully saturated rings. The second-order valence-electron chi connectivity index (χ2n) is 7.24. The van der Waals surface area contributed by atoms with Crippen molar-refractivity contribution in [1.29, 1.82) is 0 Å². The summed E-state index contributed by atoms with van der Waals surface area (Å²) in [6.45, 7) is 0.711. The maximum Gasteiger partial charge on any atom is 0.407 e. The SMILES string of the molecule is COC(=O)[C@@H](Cc1ccccc1I)NC(=O)CCCCCNC(=O)OCc1ccccc1. The Morgan fingerprint density at radius 2 is 1.69 bits per heavy atom. The predicted molar refractivity (Wildman–Crippen MR) is 130 cm³/mol. The molecule has 0 bridgehead atoms. The topological polar surface area (TPSA) is 93.7 Å². The van der Waals surface area contributed by atoms with Crippen molar-refractivity contribution >= 4 is 40.6 Å². The number of nitrogens with one attached hydrogen (secondary N) is 2. The summed E-state index contributed by atoms with van der Waals surface area (Å²) in [7, 11) is 1.31. The molecule has 0 aliphatic heterocycles. The van der Waals surface area contributed by atoms with Crippen LogP contribution in [0.15, 0.2) is 54.6 Å². The van der Waals surface area contributed by atoms with Gasteiger partial charge in [-0.05, 0) is 52.6 Å². The van der Waals surface area contributed by atoms with E-state index >= 15 is 0 Å². The van der Waals surface area contributed by atoms with E-state index in [4.69, 9.17) is 9.47 Å². The maximum atomic E-state index is 12.3. The number of rotatable bonds is 12. The van der Waals surface area contributed by atoms with E-state index in [0.717, 1.165) is 27.5 Å². The first-order chi connectivity index (χ1) is 15.5. The maximum absolute atomic E-state index is 12.3. The van der Waals surface area contributed by atoms with E-state index in [1.165, 1.54) is 7.11 Å². The summed E-state index contributed by atoms with van der Waals surface area (Å²) in [5.74, 6) is -0.655. The Morgan fingerprint density at radius 1 is 0.969 bits per heavy atom. The monoisotopic (exact) mass is 552 g/mol. The largest absolute Gasteiger partial charge is 0.467 e. The highest BCUT2D eigenvalue weighted by atomic mass is 127. The third-order valence-electron chi connectivity index (χ3n) is 4.77. The highest BCUT2D eigenvalue weighted by Gasteiger charge is 2.22. The van der Waals surface area contributed by atoms with Crippen LogP contribution in [0.4, 0.5) is 4.79 Å². The molecule has 1 atom stereocenters. The number of amides is 2. The number of methoxy groups -OCH3 is 1. The van der Waals surface area contributed by atoms with Crippen molar-refractivity contribution in [3.8, 4) is 0 Å². The molecule has 8 heteroatoms. The van der Waals surface area contributed by atoms with Gasteiger partial charge in [0.1, 0.15) is 12.6 Å². The molecule has 2 aromatic carbocycles. The lowest BCUT2D eigenvalue weighted by molar-refractivity contribution is -0.145. The molecule has 0 aromatic heterocycles. The molecule has 7 nitrogen and oxygen atoms in total. The van der Waals surface area contributed by atoms with E-state index in [1.54, 1.807) is 0 Å². The van der Waals surface area contributed by atoms with E-state index in [-0.39, 0.29) is 12.5 Å². The van der Waals surface area contributed by atoms with Gasteiger partial charge in [0.05, 0.1) is 7.11 Å². The van der Waals surface area contributed by atoms with Crippen LogP contribution in [0.2, 0.25) is 0 Å². The van der Waals surface area contributed by atoms with Gasteiger partial charge < -0.3 is 20.1 Å². The molecule has 2 rings (SSSR count). The van der Waals surface area contributed by atoms with Gasteiger partial charge in [-0.15, -0.1) is 0 Å². The first-order valence-corrected chi connectivity index (χ1v) is 11.6. The highest BCUT2D eigenvalue weighted by molar-refractivity contribution is 14.1. The van der Waals surface area contributed by atoms with Crippen molar-refractivity contribution < 1.29 is 23.9 Å². The minimum atomic E-state index is -0.718. The summed E-state index contributed by atoms with van der Waals surface area (Å²) in [5.41, 5.74) is 1.91. The molecule has 172 valence electrons. The molecule has 0 spiro atoms. The van der Waals surface area contributed by atoms with Crippen molar-refractivity contribution in [2.24, 2.45) is 0 Å². The number of carbonyl (C=O) groups is 3. The summed E-state index contributed by atoms with van der Waals surface area (Å²) in [6, 6.07) is 16.5. The van der Waals surface area contributed by atoms with Crippen LogP contribution in [0.25, 0.3) is 0 Å². The first kappa shape index (κ1) is 25.6. The zero-order valence-corrected chi connectivity index (χ0v) is 20.3. The minimum absolute atomic E-state index is 0.193. The lowest BCUT2D eigenvalue weighted by Gasteiger charge is -2.17. The molecule has 2 aromatic rings. The van der Waals surface area contributed by atoms with Crippen molar-refractivity contribution in [1.82, 2.24) is 10.6 Å². The number of hydrogen-bond donors (Lipinski definition) is 2.